The van der Waals surface area contributed by atoms with Gasteiger partial charge in [0.2, 0.25) is 0 Å². The molecule has 0 saturated carbocycles. The first kappa shape index (κ1) is 13.9. The third-order valence-corrected chi connectivity index (χ3v) is 4.17. The molecular weight excluding hydrogens is 236 g/mol. The number of esters is 1. The lowest BCUT2D eigenvalue weighted by molar-refractivity contribution is -0.161. The Morgan fingerprint density at radius 1 is 1.42 bits per heavy atom. The molecule has 1 atom stereocenters. The summed E-state index contributed by atoms with van der Waals surface area (Å²) in [5.41, 5.74) is 3.77. The number of carbonyl (C=O) groups excluding carboxylic acids is 1. The lowest BCUT2D eigenvalue weighted by atomic mass is 9.84. The molecule has 1 aromatic carbocycles. The minimum Gasteiger partial charge on any atom is -0.451 e. The Kier molecular flexibility index (Phi) is 3.53. The van der Waals surface area contributed by atoms with Crippen LogP contribution < -0.4 is 0 Å². The van der Waals surface area contributed by atoms with Crippen LogP contribution in [0, 0.1) is 12.8 Å². The zero-order valence-electron chi connectivity index (χ0n) is 12.2. The van der Waals surface area contributed by atoms with Crippen molar-refractivity contribution in [2.75, 3.05) is 0 Å². The van der Waals surface area contributed by atoms with E-state index in [0.717, 1.165) is 12.8 Å². The van der Waals surface area contributed by atoms with Gasteiger partial charge >= 0.3 is 5.97 Å². The Balaban J connectivity index is 2.48. The number of benzene rings is 1. The van der Waals surface area contributed by atoms with Gasteiger partial charge in [-0.05, 0) is 49.3 Å². The molecule has 0 saturated heterocycles. The summed E-state index contributed by atoms with van der Waals surface area (Å²) in [6, 6.07) is 6.27. The van der Waals surface area contributed by atoms with E-state index >= 15 is 0 Å². The van der Waals surface area contributed by atoms with Gasteiger partial charge in [0, 0.05) is 5.57 Å². The van der Waals surface area contributed by atoms with Gasteiger partial charge < -0.3 is 4.74 Å². The van der Waals surface area contributed by atoms with Crippen LogP contribution in [0.25, 0.3) is 0 Å². The van der Waals surface area contributed by atoms with Crippen molar-refractivity contribution >= 4 is 5.97 Å². The number of hydrogen-bond donors (Lipinski definition) is 0. The monoisotopic (exact) mass is 258 g/mol. The van der Waals surface area contributed by atoms with Crippen molar-refractivity contribution in [1.29, 1.82) is 0 Å². The van der Waals surface area contributed by atoms with E-state index in [2.05, 4.69) is 39.5 Å². The quantitative estimate of drug-likeness (QED) is 0.607. The van der Waals surface area contributed by atoms with Crippen molar-refractivity contribution in [1.82, 2.24) is 0 Å². The van der Waals surface area contributed by atoms with Crippen LogP contribution in [-0.2, 0) is 21.6 Å². The second-order valence-corrected chi connectivity index (χ2v) is 5.82. The van der Waals surface area contributed by atoms with Gasteiger partial charge in [-0.25, -0.2) is 4.79 Å². The summed E-state index contributed by atoms with van der Waals surface area (Å²) in [6.07, 6.45) is 1.84. The molecule has 0 spiro atoms. The van der Waals surface area contributed by atoms with Gasteiger partial charge in [0.1, 0.15) is 5.60 Å². The molecule has 1 aliphatic carbocycles. The van der Waals surface area contributed by atoms with Gasteiger partial charge in [-0.15, -0.1) is 0 Å². The normalized spacial score (nSPS) is 21.3. The summed E-state index contributed by atoms with van der Waals surface area (Å²) in [7, 11) is 0. The highest BCUT2D eigenvalue weighted by atomic mass is 16.6. The first-order chi connectivity index (χ1) is 8.88. The van der Waals surface area contributed by atoms with Crippen molar-refractivity contribution in [2.45, 2.75) is 46.1 Å². The van der Waals surface area contributed by atoms with E-state index in [1.54, 1.807) is 6.92 Å². The molecular formula is C17H22O2. The molecule has 1 aromatic rings. The van der Waals surface area contributed by atoms with E-state index in [1.165, 1.54) is 16.7 Å². The van der Waals surface area contributed by atoms with Gasteiger partial charge in [0.25, 0.3) is 0 Å². The largest absolute Gasteiger partial charge is 0.451 e. The summed E-state index contributed by atoms with van der Waals surface area (Å²) < 4.78 is 5.86. The van der Waals surface area contributed by atoms with Crippen molar-refractivity contribution in [3.63, 3.8) is 0 Å². The maximum atomic E-state index is 12.0. The van der Waals surface area contributed by atoms with Crippen LogP contribution in [0.1, 0.15) is 43.9 Å². The van der Waals surface area contributed by atoms with Gasteiger partial charge in [0.15, 0.2) is 0 Å². The third-order valence-electron chi connectivity index (χ3n) is 4.17. The van der Waals surface area contributed by atoms with E-state index < -0.39 is 5.60 Å². The molecule has 0 amide bonds. The highest BCUT2D eigenvalue weighted by Crippen LogP contribution is 2.46. The van der Waals surface area contributed by atoms with Crippen LogP contribution in [0.4, 0.5) is 0 Å². The average Bonchev–Trinajstić information content (AvgIpc) is 2.71. The molecule has 0 aliphatic heterocycles. The molecule has 19 heavy (non-hydrogen) atoms. The summed E-state index contributed by atoms with van der Waals surface area (Å²) >= 11 is 0. The molecule has 1 unspecified atom stereocenters. The van der Waals surface area contributed by atoms with Crippen LogP contribution in [0.3, 0.4) is 0 Å². The standard InChI is InChI=1S/C17H22O2/c1-11(2)16(18)19-17(12(3)4)10-9-14-13(5)7-6-8-15(14)17/h6-8,12H,1,9-10H2,2-5H3. The van der Waals surface area contributed by atoms with Crippen molar-refractivity contribution < 1.29 is 9.53 Å². The number of ether oxygens (including phenoxy) is 1. The molecule has 0 N–H and O–H groups in total. The zero-order valence-corrected chi connectivity index (χ0v) is 12.2. The van der Waals surface area contributed by atoms with E-state index in [0.29, 0.717) is 5.57 Å². The Bertz CT molecular complexity index is 528. The number of aryl methyl sites for hydroxylation is 1. The molecule has 1 aliphatic rings. The summed E-state index contributed by atoms with van der Waals surface area (Å²) in [5, 5.41) is 0. The third kappa shape index (κ3) is 2.20. The molecule has 0 aromatic heterocycles. The van der Waals surface area contributed by atoms with Gasteiger partial charge in [-0.2, -0.15) is 0 Å². The molecule has 2 heteroatoms. The van der Waals surface area contributed by atoms with Gasteiger partial charge in [0.05, 0.1) is 0 Å². The topological polar surface area (TPSA) is 26.3 Å². The molecule has 102 valence electrons. The fourth-order valence-corrected chi connectivity index (χ4v) is 2.95. The number of hydrogen-bond acceptors (Lipinski definition) is 2. The molecule has 0 heterocycles. The van der Waals surface area contributed by atoms with Gasteiger partial charge in [-0.1, -0.05) is 38.6 Å². The fourth-order valence-electron chi connectivity index (χ4n) is 2.95. The lowest BCUT2D eigenvalue weighted by Gasteiger charge is -2.34. The molecule has 0 fully saturated rings. The molecule has 0 radical (unpaired) electrons. The fraction of sp³-hybridized carbons (Fsp3) is 0.471. The lowest BCUT2D eigenvalue weighted by Crippen LogP contribution is -2.35. The van der Waals surface area contributed by atoms with Crippen molar-refractivity contribution in [2.24, 2.45) is 5.92 Å². The van der Waals surface area contributed by atoms with Crippen molar-refractivity contribution in [3.8, 4) is 0 Å². The summed E-state index contributed by atoms with van der Waals surface area (Å²) in [5.74, 6) is -0.0399. The van der Waals surface area contributed by atoms with E-state index in [1.807, 2.05) is 6.07 Å². The Labute approximate surface area is 115 Å². The second kappa shape index (κ2) is 4.84. The highest BCUT2D eigenvalue weighted by Gasteiger charge is 2.45. The Hall–Kier alpha value is -1.57. The molecule has 2 rings (SSSR count). The van der Waals surface area contributed by atoms with Crippen LogP contribution in [-0.4, -0.2) is 5.97 Å². The summed E-state index contributed by atoms with van der Waals surface area (Å²) in [6.45, 7) is 11.7. The van der Waals surface area contributed by atoms with E-state index in [9.17, 15) is 4.79 Å². The molecule has 0 bridgehead atoms. The smallest absolute Gasteiger partial charge is 0.334 e. The number of rotatable bonds is 3. The van der Waals surface area contributed by atoms with E-state index in [4.69, 9.17) is 4.74 Å². The predicted octanol–water partition coefficient (Wildman–Crippen LogP) is 3.91. The minimum atomic E-state index is -0.489. The van der Waals surface area contributed by atoms with Crippen molar-refractivity contribution in [3.05, 3.63) is 47.0 Å². The first-order valence-corrected chi connectivity index (χ1v) is 6.86. The van der Waals surface area contributed by atoms with Crippen LogP contribution >= 0.6 is 0 Å². The Morgan fingerprint density at radius 2 is 2.11 bits per heavy atom. The SMILES string of the molecule is C=C(C)C(=O)OC1(C(C)C)CCc2c(C)cccc21. The van der Waals surface area contributed by atoms with Crippen LogP contribution in [0.15, 0.2) is 30.4 Å². The average molecular weight is 258 g/mol. The van der Waals surface area contributed by atoms with Gasteiger partial charge in [-0.3, -0.25) is 0 Å². The summed E-state index contributed by atoms with van der Waals surface area (Å²) in [4.78, 5) is 12.0. The second-order valence-electron chi connectivity index (χ2n) is 5.82. The predicted molar refractivity (Wildman–Crippen MR) is 76.9 cm³/mol. The van der Waals surface area contributed by atoms with Crippen LogP contribution in [0.2, 0.25) is 0 Å². The maximum absolute atomic E-state index is 12.0. The van der Waals surface area contributed by atoms with E-state index in [-0.39, 0.29) is 11.9 Å². The maximum Gasteiger partial charge on any atom is 0.334 e. The van der Waals surface area contributed by atoms with Crippen LogP contribution in [0.5, 0.6) is 0 Å². The Morgan fingerprint density at radius 3 is 2.68 bits per heavy atom. The molecule has 2 nitrogen and oxygen atoms in total. The number of carbonyl (C=O) groups is 1. The zero-order chi connectivity index (χ0) is 14.2. The first-order valence-electron chi connectivity index (χ1n) is 6.86. The highest BCUT2D eigenvalue weighted by molar-refractivity contribution is 5.87. The number of fused-ring (bicyclic) bond motifs is 1. The minimum absolute atomic E-state index is 0.249.